The Morgan fingerprint density at radius 3 is 1.74 bits per heavy atom. The Bertz CT molecular complexity index is 2140. The van der Waals surface area contributed by atoms with E-state index in [1.165, 1.54) is 5.56 Å². The van der Waals surface area contributed by atoms with E-state index in [1.807, 2.05) is 121 Å². The van der Waals surface area contributed by atoms with Gasteiger partial charge in [0.1, 0.15) is 27.1 Å². The lowest BCUT2D eigenvalue weighted by molar-refractivity contribution is -0.106. The molecule has 50 heavy (non-hydrogen) atoms. The van der Waals surface area contributed by atoms with Crippen LogP contribution in [0.15, 0.2) is 77.6 Å². The molecule has 3 N–H and O–H groups in total. The zero-order valence-corrected chi connectivity index (χ0v) is 31.2. The van der Waals surface area contributed by atoms with Crippen LogP contribution in [-0.4, -0.2) is 26.3 Å². The average molecular weight is 727 g/mol. The Morgan fingerprint density at radius 2 is 1.28 bits per heavy atom. The highest BCUT2D eigenvalue weighted by molar-refractivity contribution is 7.80. The third kappa shape index (κ3) is 9.71. The Kier molecular flexibility index (Phi) is 15.2. The van der Waals surface area contributed by atoms with Crippen molar-refractivity contribution in [2.45, 2.75) is 62.8 Å². The fourth-order valence-electron chi connectivity index (χ4n) is 5.45. The monoisotopic (exact) mass is 726 g/mol. The van der Waals surface area contributed by atoms with Gasteiger partial charge < -0.3 is 10.8 Å². The Morgan fingerprint density at radius 1 is 0.780 bits per heavy atom. The van der Waals surface area contributed by atoms with Crippen molar-refractivity contribution in [1.82, 2.24) is 4.98 Å². The number of benzene rings is 4. The highest BCUT2D eigenvalue weighted by Gasteiger charge is 2.20. The molecular weight excluding hydrogens is 684 g/mol. The van der Waals surface area contributed by atoms with E-state index < -0.39 is 5.24 Å². The van der Waals surface area contributed by atoms with Crippen molar-refractivity contribution in [2.24, 2.45) is 5.73 Å². The van der Waals surface area contributed by atoms with Gasteiger partial charge in [-0.25, -0.2) is 9.78 Å². The second-order valence-corrected chi connectivity index (χ2v) is 13.4. The summed E-state index contributed by atoms with van der Waals surface area (Å²) in [4.78, 5) is 39.4. The summed E-state index contributed by atoms with van der Waals surface area (Å²) in [5.74, 6) is 1.43. The molecule has 0 saturated heterocycles. The first-order chi connectivity index (χ1) is 23.1. The largest absolute Gasteiger partial charge is 0.493 e. The van der Waals surface area contributed by atoms with Crippen molar-refractivity contribution in [3.8, 4) is 27.6 Å². The number of carbonyl (C=O) groups is 1. The SMILES string of the molecule is C.Cc1cc(C)c(-c2c(O)nc(-c3ccccc3)sc2=O)c(C)c1C.Cc1cc(C)c(C(=C=O)C(=O)Cl)c(C)c1C.NC(=S)c1ccccc1. The minimum atomic E-state index is -0.760. The van der Waals surface area contributed by atoms with Gasteiger partial charge in [-0.05, 0) is 117 Å². The van der Waals surface area contributed by atoms with Crippen LogP contribution in [0.2, 0.25) is 0 Å². The fraction of sp³-hybridized carbons (Fsp3) is 0.220. The molecule has 9 heteroatoms. The molecule has 0 unspecified atom stereocenters. The van der Waals surface area contributed by atoms with Crippen LogP contribution >= 0.6 is 35.2 Å². The quantitative estimate of drug-likeness (QED) is 0.0803. The maximum absolute atomic E-state index is 12.8. The van der Waals surface area contributed by atoms with Gasteiger partial charge >= 0.3 is 0 Å². The second-order valence-electron chi connectivity index (χ2n) is 11.6. The minimum Gasteiger partial charge on any atom is -0.493 e. The van der Waals surface area contributed by atoms with E-state index in [0.29, 0.717) is 21.1 Å². The van der Waals surface area contributed by atoms with E-state index in [9.17, 15) is 19.5 Å². The normalized spacial score (nSPS) is 9.94. The van der Waals surface area contributed by atoms with Crippen molar-refractivity contribution in [2.75, 3.05) is 0 Å². The summed E-state index contributed by atoms with van der Waals surface area (Å²) in [7, 11) is 0. The second kappa shape index (κ2) is 18.3. The van der Waals surface area contributed by atoms with Crippen LogP contribution in [0.1, 0.15) is 63.1 Å². The summed E-state index contributed by atoms with van der Waals surface area (Å²) in [5.41, 5.74) is 17.0. The number of aromatic nitrogens is 1. The molecule has 0 amide bonds. The number of thiocarbonyl (C=S) groups is 1. The molecule has 6 nitrogen and oxygen atoms in total. The Labute approximate surface area is 309 Å². The van der Waals surface area contributed by atoms with Gasteiger partial charge in [-0.1, -0.05) is 104 Å². The topological polar surface area (TPSA) is 110 Å². The highest BCUT2D eigenvalue weighted by atomic mass is 35.5. The van der Waals surface area contributed by atoms with Crippen LogP contribution in [0.3, 0.4) is 0 Å². The number of nitrogens with two attached hydrogens (primary N) is 1. The smallest absolute Gasteiger partial charge is 0.264 e. The standard InChI is InChI=1S/C20H19NO2S.C13H13ClO2.C7H7NS.CH4/c1-11-10-12(2)16(14(4)13(11)3)17-18(22)21-19(24-20(17)23)15-8-6-5-7-9-15;1-7-5-8(2)12(10(4)9(7)3)11(6-15)13(14)16;8-7(9)6-4-2-1-3-5-6;/h5-10,22H,1-4H3;5H,1-4H3;1-5H,(H2,8,9);1H4. The van der Waals surface area contributed by atoms with E-state index in [1.54, 1.807) is 5.94 Å². The maximum Gasteiger partial charge on any atom is 0.264 e. The van der Waals surface area contributed by atoms with Crippen LogP contribution < -0.4 is 10.5 Å². The molecule has 0 bridgehead atoms. The molecule has 260 valence electrons. The van der Waals surface area contributed by atoms with Crippen molar-refractivity contribution in [3.63, 3.8) is 0 Å². The minimum absolute atomic E-state index is 0. The third-order valence-electron chi connectivity index (χ3n) is 8.41. The lowest BCUT2D eigenvalue weighted by Crippen LogP contribution is -2.08. The zero-order chi connectivity index (χ0) is 36.6. The predicted octanol–water partition coefficient (Wildman–Crippen LogP) is 9.63. The third-order valence-corrected chi connectivity index (χ3v) is 9.75. The predicted molar refractivity (Wildman–Crippen MR) is 214 cm³/mol. The molecule has 5 rings (SSSR count). The van der Waals surface area contributed by atoms with Gasteiger partial charge in [-0.15, -0.1) is 0 Å². The van der Waals surface area contributed by atoms with Crippen LogP contribution in [0, 0.1) is 55.4 Å². The van der Waals surface area contributed by atoms with Gasteiger partial charge in [0.25, 0.3) is 5.24 Å². The Balaban J connectivity index is 0.000000287. The van der Waals surface area contributed by atoms with Crippen molar-refractivity contribution >= 4 is 56.9 Å². The molecule has 1 aromatic heterocycles. The van der Waals surface area contributed by atoms with E-state index in [0.717, 1.165) is 67.0 Å². The zero-order valence-electron chi connectivity index (χ0n) is 28.8. The summed E-state index contributed by atoms with van der Waals surface area (Å²) in [6.45, 7) is 15.7. The number of aryl methyl sites for hydroxylation is 4. The molecule has 0 saturated carbocycles. The fourth-order valence-corrected chi connectivity index (χ4v) is 6.58. The van der Waals surface area contributed by atoms with Gasteiger partial charge in [-0.3, -0.25) is 9.59 Å². The molecule has 5 aromatic rings. The van der Waals surface area contributed by atoms with E-state index in [4.69, 9.17) is 29.6 Å². The Hall–Kier alpha value is -4.72. The number of halogens is 1. The molecule has 0 aliphatic rings. The van der Waals surface area contributed by atoms with Crippen molar-refractivity contribution < 1.29 is 14.7 Å². The molecule has 1 heterocycles. The van der Waals surface area contributed by atoms with Gasteiger partial charge in [0.2, 0.25) is 10.6 Å². The first-order valence-corrected chi connectivity index (χ1v) is 17.0. The summed E-state index contributed by atoms with van der Waals surface area (Å²) >= 11 is 11.2. The van der Waals surface area contributed by atoms with Crippen LogP contribution in [-0.2, 0) is 9.59 Å². The number of hydrogen-bond donors (Lipinski definition) is 2. The van der Waals surface area contributed by atoms with Crippen LogP contribution in [0.5, 0.6) is 5.88 Å². The van der Waals surface area contributed by atoms with Gasteiger partial charge in [0, 0.05) is 16.7 Å². The molecule has 0 spiro atoms. The molecule has 0 atom stereocenters. The lowest BCUT2D eigenvalue weighted by atomic mass is 9.91. The van der Waals surface area contributed by atoms with E-state index in [-0.39, 0.29) is 23.6 Å². The number of carbonyl (C=O) groups excluding carboxylic acids is 2. The van der Waals surface area contributed by atoms with E-state index >= 15 is 0 Å². The van der Waals surface area contributed by atoms with Crippen LogP contribution in [0.4, 0.5) is 0 Å². The molecule has 0 aliphatic heterocycles. The molecule has 0 radical (unpaired) electrons. The number of rotatable bonds is 5. The number of aromatic hydroxyl groups is 1. The van der Waals surface area contributed by atoms with Crippen molar-refractivity contribution in [3.05, 3.63) is 138 Å². The first-order valence-electron chi connectivity index (χ1n) is 15.3. The van der Waals surface area contributed by atoms with Gasteiger partial charge in [-0.2, -0.15) is 0 Å². The number of allylic oxidation sites excluding steroid dienone is 1. The van der Waals surface area contributed by atoms with Crippen molar-refractivity contribution in [1.29, 1.82) is 0 Å². The molecule has 0 fully saturated rings. The van der Waals surface area contributed by atoms with Gasteiger partial charge in [0.15, 0.2) is 0 Å². The first kappa shape index (κ1) is 41.5. The summed E-state index contributed by atoms with van der Waals surface area (Å²) in [5, 5.41) is 10.3. The average Bonchev–Trinajstić information content (AvgIpc) is 3.07. The summed E-state index contributed by atoms with van der Waals surface area (Å²) in [6, 6.07) is 23.0. The summed E-state index contributed by atoms with van der Waals surface area (Å²) in [6.07, 6.45) is 0. The highest BCUT2D eigenvalue weighted by Crippen LogP contribution is 2.35. The number of nitrogens with zero attached hydrogens (tertiary/aromatic N) is 1. The van der Waals surface area contributed by atoms with Gasteiger partial charge in [0.05, 0.1) is 0 Å². The van der Waals surface area contributed by atoms with Crippen LogP contribution in [0.25, 0.3) is 27.3 Å². The number of hydrogen-bond acceptors (Lipinski definition) is 7. The summed E-state index contributed by atoms with van der Waals surface area (Å²) < 4.78 is -0.171. The molecular formula is C41H43ClN2O4S2. The van der Waals surface area contributed by atoms with E-state index in [2.05, 4.69) is 11.9 Å². The molecule has 0 aliphatic carbocycles. The molecule has 4 aromatic carbocycles. The lowest BCUT2D eigenvalue weighted by Gasteiger charge is -2.15. The maximum atomic E-state index is 12.8.